The lowest BCUT2D eigenvalue weighted by Crippen LogP contribution is -2.49. The van der Waals surface area contributed by atoms with Crippen LogP contribution < -0.4 is 5.32 Å². The molecule has 2 N–H and O–H groups in total. The van der Waals surface area contributed by atoms with Crippen LogP contribution >= 0.6 is 46.0 Å². The molecule has 2 amide bonds. The van der Waals surface area contributed by atoms with Crippen molar-refractivity contribution in [2.45, 2.75) is 12.5 Å². The molecule has 1 aliphatic heterocycles. The highest BCUT2D eigenvalue weighted by Gasteiger charge is 2.29. The number of hydrogen-bond acceptors (Lipinski definition) is 3. The molecule has 1 atom stereocenters. The lowest BCUT2D eigenvalue weighted by molar-refractivity contribution is -0.137. The van der Waals surface area contributed by atoms with Crippen LogP contribution in [0.4, 0.5) is 10.5 Å². The summed E-state index contributed by atoms with van der Waals surface area (Å²) in [6.07, 6.45) is -0.0296. The van der Waals surface area contributed by atoms with Gasteiger partial charge in [0.15, 0.2) is 0 Å². The lowest BCUT2D eigenvalue weighted by atomic mass is 10.2. The number of carbonyl (C=O) groups excluding carboxylic acids is 1. The number of nitrogens with one attached hydrogen (secondary N) is 1. The first-order valence-corrected chi connectivity index (χ1v) is 8.90. The van der Waals surface area contributed by atoms with E-state index in [9.17, 15) is 9.59 Å². The van der Waals surface area contributed by atoms with Gasteiger partial charge in [-0.3, -0.25) is 4.79 Å². The van der Waals surface area contributed by atoms with E-state index in [1.165, 1.54) is 0 Å². The maximum Gasteiger partial charge on any atom is 0.322 e. The van der Waals surface area contributed by atoms with Crippen molar-refractivity contribution in [1.82, 2.24) is 4.90 Å². The van der Waals surface area contributed by atoms with Gasteiger partial charge in [-0.1, -0.05) is 11.6 Å². The molecule has 2 rings (SSSR count). The van der Waals surface area contributed by atoms with Crippen molar-refractivity contribution < 1.29 is 14.7 Å². The van der Waals surface area contributed by atoms with E-state index in [-0.39, 0.29) is 18.5 Å². The van der Waals surface area contributed by atoms with E-state index in [0.29, 0.717) is 23.0 Å². The second-order valence-electron chi connectivity index (χ2n) is 4.57. The van der Waals surface area contributed by atoms with Crippen molar-refractivity contribution >= 4 is 63.6 Å². The molecule has 0 radical (unpaired) electrons. The second-order valence-corrected chi connectivity index (χ2v) is 7.32. The third-order valence-electron chi connectivity index (χ3n) is 3.07. The van der Waals surface area contributed by atoms with E-state index in [1.54, 1.807) is 34.9 Å². The Morgan fingerprint density at radius 3 is 2.95 bits per heavy atom. The summed E-state index contributed by atoms with van der Waals surface area (Å²) in [7, 11) is 0. The number of carboxylic acid groups (broad SMARTS) is 1. The van der Waals surface area contributed by atoms with Gasteiger partial charge in [0.25, 0.3) is 0 Å². The number of aliphatic carboxylic acids is 1. The molecule has 1 heterocycles. The van der Waals surface area contributed by atoms with Gasteiger partial charge < -0.3 is 15.3 Å². The number of carbonyl (C=O) groups is 2. The highest BCUT2D eigenvalue weighted by Crippen LogP contribution is 2.24. The van der Waals surface area contributed by atoms with Crippen LogP contribution in [-0.2, 0) is 4.79 Å². The van der Waals surface area contributed by atoms with E-state index in [1.807, 2.05) is 0 Å². The summed E-state index contributed by atoms with van der Waals surface area (Å²) < 4.78 is 0.842. The normalized spacial score (nSPS) is 18.4. The zero-order valence-corrected chi connectivity index (χ0v) is 14.7. The fraction of sp³-hybridized carbons (Fsp3) is 0.385. The van der Waals surface area contributed by atoms with Gasteiger partial charge in [0.2, 0.25) is 0 Å². The largest absolute Gasteiger partial charge is 0.481 e. The molecule has 21 heavy (non-hydrogen) atoms. The van der Waals surface area contributed by atoms with Gasteiger partial charge in [-0.25, -0.2) is 4.79 Å². The molecule has 5 nitrogen and oxygen atoms in total. The molecule has 1 unspecified atom stereocenters. The molecule has 0 bridgehead atoms. The van der Waals surface area contributed by atoms with E-state index < -0.39 is 5.97 Å². The van der Waals surface area contributed by atoms with Gasteiger partial charge in [-0.15, -0.1) is 0 Å². The molecule has 0 spiro atoms. The average molecular weight is 441 g/mol. The average Bonchev–Trinajstić information content (AvgIpc) is 2.42. The summed E-state index contributed by atoms with van der Waals surface area (Å²) in [6.45, 7) is 0.554. The first-order valence-electron chi connectivity index (χ1n) is 6.29. The zero-order chi connectivity index (χ0) is 15.4. The standard InChI is InChI=1S/C13H14ClIN2O3S/c14-8-1-2-11(10(15)5-8)16-13(20)17-3-4-21-7-9(17)6-12(18)19/h1-2,5,9H,3-4,6-7H2,(H,16,20)(H,18,19). The Morgan fingerprint density at radius 1 is 1.52 bits per heavy atom. The fourth-order valence-corrected chi connectivity index (χ4v) is 4.14. The van der Waals surface area contributed by atoms with E-state index >= 15 is 0 Å². The molecule has 1 saturated heterocycles. The van der Waals surface area contributed by atoms with E-state index in [4.69, 9.17) is 16.7 Å². The van der Waals surface area contributed by atoms with Crippen molar-refractivity contribution in [1.29, 1.82) is 0 Å². The molecule has 114 valence electrons. The van der Waals surface area contributed by atoms with Crippen LogP contribution in [0.25, 0.3) is 0 Å². The highest BCUT2D eigenvalue weighted by atomic mass is 127. The van der Waals surface area contributed by atoms with Crippen LogP contribution in [-0.4, -0.2) is 46.1 Å². The lowest BCUT2D eigenvalue weighted by Gasteiger charge is -2.34. The van der Waals surface area contributed by atoms with Crippen LogP contribution in [0.3, 0.4) is 0 Å². The SMILES string of the molecule is O=C(O)CC1CSCCN1C(=O)Nc1ccc(Cl)cc1I. The van der Waals surface area contributed by atoms with Gasteiger partial charge in [0, 0.05) is 26.6 Å². The summed E-state index contributed by atoms with van der Waals surface area (Å²) in [5.74, 6) is 0.583. The summed E-state index contributed by atoms with van der Waals surface area (Å²) in [5.41, 5.74) is 0.678. The summed E-state index contributed by atoms with van der Waals surface area (Å²) in [4.78, 5) is 24.9. The number of rotatable bonds is 3. The van der Waals surface area contributed by atoms with Gasteiger partial charge in [-0.2, -0.15) is 11.8 Å². The Morgan fingerprint density at radius 2 is 2.29 bits per heavy atom. The smallest absolute Gasteiger partial charge is 0.322 e. The summed E-state index contributed by atoms with van der Waals surface area (Å²) in [5, 5.41) is 12.4. The number of hydrogen-bond donors (Lipinski definition) is 2. The Labute approximate surface area is 145 Å². The molecular formula is C13H14ClIN2O3S. The maximum atomic E-state index is 12.4. The van der Waals surface area contributed by atoms with Crippen molar-refractivity contribution in [2.24, 2.45) is 0 Å². The number of carboxylic acids is 1. The van der Waals surface area contributed by atoms with Gasteiger partial charge in [-0.05, 0) is 40.8 Å². The number of nitrogens with zero attached hydrogens (tertiary/aromatic N) is 1. The Kier molecular flexibility index (Phi) is 6.00. The first kappa shape index (κ1) is 16.7. The number of halogens is 2. The molecule has 0 aliphatic carbocycles. The first-order chi connectivity index (χ1) is 9.97. The monoisotopic (exact) mass is 440 g/mol. The minimum absolute atomic E-state index is 0.0296. The van der Waals surface area contributed by atoms with Crippen molar-refractivity contribution in [3.05, 3.63) is 26.8 Å². The Hall–Kier alpha value is -0.670. The van der Waals surface area contributed by atoms with Gasteiger partial charge in [0.1, 0.15) is 0 Å². The minimum atomic E-state index is -0.888. The third kappa shape index (κ3) is 4.65. The predicted octanol–water partition coefficient (Wildman–Crippen LogP) is 3.37. The summed E-state index contributed by atoms with van der Waals surface area (Å²) in [6, 6.07) is 4.68. The molecule has 1 aliphatic rings. The van der Waals surface area contributed by atoms with Crippen molar-refractivity contribution in [2.75, 3.05) is 23.4 Å². The van der Waals surface area contributed by atoms with Crippen LogP contribution in [0.2, 0.25) is 5.02 Å². The molecule has 1 aromatic rings. The van der Waals surface area contributed by atoms with Crippen LogP contribution in [0, 0.1) is 3.57 Å². The van der Waals surface area contributed by atoms with Crippen LogP contribution in [0.5, 0.6) is 0 Å². The third-order valence-corrected chi connectivity index (χ3v) is 5.29. The zero-order valence-electron chi connectivity index (χ0n) is 11.0. The van der Waals surface area contributed by atoms with E-state index in [2.05, 4.69) is 27.9 Å². The molecular weight excluding hydrogens is 427 g/mol. The Bertz CT molecular complexity index is 558. The number of amides is 2. The quantitative estimate of drug-likeness (QED) is 0.707. The number of thioether (sulfide) groups is 1. The molecule has 1 aromatic carbocycles. The summed E-state index contributed by atoms with van der Waals surface area (Å²) >= 11 is 9.66. The number of urea groups is 1. The molecule has 1 fully saturated rings. The van der Waals surface area contributed by atoms with Crippen molar-refractivity contribution in [3.63, 3.8) is 0 Å². The molecule has 8 heteroatoms. The highest BCUT2D eigenvalue weighted by molar-refractivity contribution is 14.1. The molecule has 0 saturated carbocycles. The number of anilines is 1. The minimum Gasteiger partial charge on any atom is -0.481 e. The van der Waals surface area contributed by atoms with Crippen LogP contribution in [0.15, 0.2) is 18.2 Å². The van der Waals surface area contributed by atoms with Gasteiger partial charge >= 0.3 is 12.0 Å². The van der Waals surface area contributed by atoms with Crippen molar-refractivity contribution in [3.8, 4) is 0 Å². The topological polar surface area (TPSA) is 69.6 Å². The maximum absolute atomic E-state index is 12.4. The van der Waals surface area contributed by atoms with Gasteiger partial charge in [0.05, 0.1) is 18.2 Å². The van der Waals surface area contributed by atoms with Crippen LogP contribution in [0.1, 0.15) is 6.42 Å². The predicted molar refractivity (Wildman–Crippen MR) is 93.3 cm³/mol. The molecule has 0 aromatic heterocycles. The Balaban J connectivity index is 2.08. The second kappa shape index (κ2) is 7.55. The fourth-order valence-electron chi connectivity index (χ4n) is 2.07. The number of benzene rings is 1. The van der Waals surface area contributed by atoms with E-state index in [0.717, 1.165) is 9.32 Å².